The standard InChI is InChI=1S/C22H22F2N2O3/c1-29-21(27)19-5-3-2-4-16(19)14-25-22(28)26-10-8-15(9-11-26)12-17-13-18(23)6-7-20(17)24/h2-7,12-13H,8-11,14H2,1H3,(H,25,28). The average molecular weight is 400 g/mol. The molecule has 0 saturated carbocycles. The zero-order chi connectivity index (χ0) is 20.8. The van der Waals surface area contributed by atoms with Crippen molar-refractivity contribution in [1.29, 1.82) is 0 Å². The maximum absolute atomic E-state index is 13.8. The zero-order valence-corrected chi connectivity index (χ0v) is 16.1. The van der Waals surface area contributed by atoms with E-state index in [0.717, 1.165) is 17.7 Å². The van der Waals surface area contributed by atoms with Gasteiger partial charge in [-0.15, -0.1) is 0 Å². The Bertz CT molecular complexity index is 933. The monoisotopic (exact) mass is 400 g/mol. The number of carbonyl (C=O) groups excluding carboxylic acids is 2. The highest BCUT2D eigenvalue weighted by Gasteiger charge is 2.20. The number of urea groups is 1. The van der Waals surface area contributed by atoms with Crippen LogP contribution in [-0.4, -0.2) is 37.1 Å². The lowest BCUT2D eigenvalue weighted by Gasteiger charge is -2.28. The number of esters is 1. The Balaban J connectivity index is 1.56. The van der Waals surface area contributed by atoms with Crippen molar-refractivity contribution in [3.8, 4) is 0 Å². The van der Waals surface area contributed by atoms with Gasteiger partial charge in [0.1, 0.15) is 11.6 Å². The highest BCUT2D eigenvalue weighted by atomic mass is 19.1. The predicted molar refractivity (Wildman–Crippen MR) is 105 cm³/mol. The molecule has 0 bridgehead atoms. The number of hydrogen-bond acceptors (Lipinski definition) is 3. The fraction of sp³-hybridized carbons (Fsp3) is 0.273. The Kier molecular flexibility index (Phi) is 6.59. The van der Waals surface area contributed by atoms with Crippen LogP contribution in [0.4, 0.5) is 13.6 Å². The van der Waals surface area contributed by atoms with E-state index in [1.54, 1.807) is 35.2 Å². The summed E-state index contributed by atoms with van der Waals surface area (Å²) < 4.78 is 31.9. The fourth-order valence-electron chi connectivity index (χ4n) is 3.25. The lowest BCUT2D eigenvalue weighted by atomic mass is 10.0. The van der Waals surface area contributed by atoms with Crippen molar-refractivity contribution in [2.45, 2.75) is 19.4 Å². The van der Waals surface area contributed by atoms with Gasteiger partial charge in [-0.2, -0.15) is 0 Å². The molecule has 1 heterocycles. The van der Waals surface area contributed by atoms with Gasteiger partial charge in [0.05, 0.1) is 12.7 Å². The van der Waals surface area contributed by atoms with E-state index in [1.807, 2.05) is 0 Å². The summed E-state index contributed by atoms with van der Waals surface area (Å²) in [6.07, 6.45) is 2.82. The van der Waals surface area contributed by atoms with E-state index in [4.69, 9.17) is 4.74 Å². The molecule has 2 aromatic carbocycles. The third-order valence-electron chi connectivity index (χ3n) is 4.86. The number of nitrogens with zero attached hydrogens (tertiary/aromatic N) is 1. The molecule has 152 valence electrons. The van der Waals surface area contributed by atoms with Gasteiger partial charge in [-0.05, 0) is 42.7 Å². The minimum absolute atomic E-state index is 0.206. The molecule has 1 N–H and O–H groups in total. The first kappa shape index (κ1) is 20.5. The van der Waals surface area contributed by atoms with Crippen molar-refractivity contribution in [3.63, 3.8) is 0 Å². The molecule has 5 nitrogen and oxygen atoms in total. The number of likely N-dealkylation sites (tertiary alicyclic amines) is 1. The van der Waals surface area contributed by atoms with E-state index in [9.17, 15) is 18.4 Å². The molecule has 1 fully saturated rings. The summed E-state index contributed by atoms with van der Waals surface area (Å²) in [5, 5.41) is 2.82. The van der Waals surface area contributed by atoms with Crippen molar-refractivity contribution in [3.05, 3.63) is 76.4 Å². The van der Waals surface area contributed by atoms with E-state index < -0.39 is 17.6 Å². The van der Waals surface area contributed by atoms with E-state index in [-0.39, 0.29) is 18.1 Å². The van der Waals surface area contributed by atoms with E-state index >= 15 is 0 Å². The van der Waals surface area contributed by atoms with Crippen LogP contribution in [0.2, 0.25) is 0 Å². The smallest absolute Gasteiger partial charge is 0.338 e. The molecule has 1 saturated heterocycles. The summed E-state index contributed by atoms with van der Waals surface area (Å²) >= 11 is 0. The summed E-state index contributed by atoms with van der Waals surface area (Å²) in [4.78, 5) is 25.9. The molecule has 0 radical (unpaired) electrons. The molecular formula is C22H22F2N2O3. The minimum Gasteiger partial charge on any atom is -0.465 e. The zero-order valence-electron chi connectivity index (χ0n) is 16.1. The minimum atomic E-state index is -0.484. The maximum Gasteiger partial charge on any atom is 0.338 e. The highest BCUT2D eigenvalue weighted by molar-refractivity contribution is 5.91. The number of halogens is 2. The molecular weight excluding hydrogens is 378 g/mol. The molecule has 2 amide bonds. The number of rotatable bonds is 4. The number of ether oxygens (including phenoxy) is 1. The molecule has 29 heavy (non-hydrogen) atoms. The topological polar surface area (TPSA) is 58.6 Å². The van der Waals surface area contributed by atoms with Crippen LogP contribution >= 0.6 is 0 Å². The van der Waals surface area contributed by atoms with Gasteiger partial charge >= 0.3 is 12.0 Å². The van der Waals surface area contributed by atoms with Crippen LogP contribution in [0.3, 0.4) is 0 Å². The molecule has 1 aliphatic rings. The van der Waals surface area contributed by atoms with Crippen molar-refractivity contribution < 1.29 is 23.1 Å². The highest BCUT2D eigenvalue weighted by Crippen LogP contribution is 2.21. The van der Waals surface area contributed by atoms with Gasteiger partial charge in [0.2, 0.25) is 0 Å². The van der Waals surface area contributed by atoms with Crippen LogP contribution < -0.4 is 5.32 Å². The number of benzene rings is 2. The third-order valence-corrected chi connectivity index (χ3v) is 4.86. The van der Waals surface area contributed by atoms with Gasteiger partial charge in [0.15, 0.2) is 0 Å². The first-order valence-corrected chi connectivity index (χ1v) is 9.31. The normalized spacial score (nSPS) is 13.8. The van der Waals surface area contributed by atoms with Crippen molar-refractivity contribution in [2.75, 3.05) is 20.2 Å². The van der Waals surface area contributed by atoms with E-state index in [0.29, 0.717) is 37.1 Å². The Morgan fingerprint density at radius 1 is 1.14 bits per heavy atom. The van der Waals surface area contributed by atoms with Crippen LogP contribution in [-0.2, 0) is 11.3 Å². The summed E-state index contributed by atoms with van der Waals surface area (Å²) in [6.45, 7) is 1.16. The first-order valence-electron chi connectivity index (χ1n) is 9.31. The molecule has 7 heteroatoms. The Hall–Kier alpha value is -3.22. The molecule has 0 unspecified atom stereocenters. The Morgan fingerprint density at radius 2 is 1.86 bits per heavy atom. The van der Waals surface area contributed by atoms with Gasteiger partial charge in [0.25, 0.3) is 0 Å². The van der Waals surface area contributed by atoms with Crippen molar-refractivity contribution in [2.24, 2.45) is 0 Å². The Morgan fingerprint density at radius 3 is 2.59 bits per heavy atom. The van der Waals surface area contributed by atoms with Crippen molar-refractivity contribution in [1.82, 2.24) is 10.2 Å². The predicted octanol–water partition coefficient (Wildman–Crippen LogP) is 4.14. The molecule has 0 aliphatic carbocycles. The first-order chi connectivity index (χ1) is 14.0. The van der Waals surface area contributed by atoms with Crippen LogP contribution in [0.15, 0.2) is 48.0 Å². The van der Waals surface area contributed by atoms with Gasteiger partial charge < -0.3 is 15.0 Å². The number of piperidine rings is 1. The van der Waals surface area contributed by atoms with Gasteiger partial charge in [-0.1, -0.05) is 29.8 Å². The SMILES string of the molecule is COC(=O)c1ccccc1CNC(=O)N1CCC(=Cc2cc(F)ccc2F)CC1. The van der Waals surface area contributed by atoms with Crippen LogP contribution in [0.1, 0.15) is 34.3 Å². The van der Waals surface area contributed by atoms with Crippen LogP contribution in [0.25, 0.3) is 6.08 Å². The average Bonchev–Trinajstić information content (AvgIpc) is 2.74. The molecule has 0 spiro atoms. The molecule has 2 aromatic rings. The summed E-state index contributed by atoms with van der Waals surface area (Å²) in [6, 6.07) is 10.1. The summed E-state index contributed by atoms with van der Waals surface area (Å²) in [5.41, 5.74) is 2.27. The number of carbonyl (C=O) groups is 2. The largest absolute Gasteiger partial charge is 0.465 e. The number of nitrogens with one attached hydrogen (secondary N) is 1. The second kappa shape index (κ2) is 9.32. The number of amides is 2. The van der Waals surface area contributed by atoms with Gasteiger partial charge in [-0.25, -0.2) is 18.4 Å². The van der Waals surface area contributed by atoms with E-state index in [1.165, 1.54) is 13.2 Å². The number of hydrogen-bond donors (Lipinski definition) is 1. The third kappa shape index (κ3) is 5.19. The summed E-state index contributed by atoms with van der Waals surface area (Å²) in [5.74, 6) is -1.40. The van der Waals surface area contributed by atoms with Gasteiger partial charge in [-0.3, -0.25) is 0 Å². The quantitative estimate of drug-likeness (QED) is 0.785. The molecule has 1 aliphatic heterocycles. The second-order valence-corrected chi connectivity index (χ2v) is 6.76. The molecule has 0 aromatic heterocycles. The fourth-order valence-corrected chi connectivity index (χ4v) is 3.25. The van der Waals surface area contributed by atoms with Crippen LogP contribution in [0, 0.1) is 11.6 Å². The lowest BCUT2D eigenvalue weighted by Crippen LogP contribution is -2.43. The molecule has 3 rings (SSSR count). The summed E-state index contributed by atoms with van der Waals surface area (Å²) in [7, 11) is 1.31. The Labute approximate surface area is 168 Å². The maximum atomic E-state index is 13.8. The second-order valence-electron chi connectivity index (χ2n) is 6.76. The van der Waals surface area contributed by atoms with Gasteiger partial charge in [0, 0.05) is 25.2 Å². The van der Waals surface area contributed by atoms with Crippen molar-refractivity contribution >= 4 is 18.1 Å². The number of methoxy groups -OCH3 is 1. The van der Waals surface area contributed by atoms with E-state index in [2.05, 4.69) is 5.32 Å². The molecule has 0 atom stereocenters. The lowest BCUT2D eigenvalue weighted by molar-refractivity contribution is 0.0599. The van der Waals surface area contributed by atoms with Crippen LogP contribution in [0.5, 0.6) is 0 Å².